The molecule has 1 unspecified atom stereocenters. The normalized spacial score (nSPS) is 18.4. The van der Waals surface area contributed by atoms with Gasteiger partial charge in [-0.25, -0.2) is 4.98 Å². The number of Topliss-reactive ketones (excluding diaryl/α,β-unsaturated/α-hetero) is 1. The molecule has 2 nitrogen and oxygen atoms in total. The van der Waals surface area contributed by atoms with Gasteiger partial charge in [0.2, 0.25) is 0 Å². The Morgan fingerprint density at radius 3 is 2.83 bits per heavy atom. The molecule has 0 saturated heterocycles. The van der Waals surface area contributed by atoms with Gasteiger partial charge in [-0.15, -0.1) is 11.3 Å². The molecular weight excluding hydrogens is 242 g/mol. The number of fused-ring (bicyclic) bond motifs is 1. The zero-order chi connectivity index (χ0) is 12.5. The predicted octanol–water partition coefficient (Wildman–Crippen LogP) is 3.62. The molecule has 18 heavy (non-hydrogen) atoms. The van der Waals surface area contributed by atoms with Gasteiger partial charge in [0.25, 0.3) is 0 Å². The first-order valence-electron chi connectivity index (χ1n) is 6.27. The minimum atomic E-state index is 0.120. The molecule has 1 aromatic carbocycles. The molecule has 1 aliphatic carbocycles. The molecule has 0 aliphatic heterocycles. The van der Waals surface area contributed by atoms with Crippen LogP contribution in [-0.2, 0) is 12.8 Å². The Labute approximate surface area is 111 Å². The third-order valence-corrected chi connectivity index (χ3v) is 4.83. The Bertz CT molecular complexity index is 588. The molecule has 0 spiro atoms. The van der Waals surface area contributed by atoms with Gasteiger partial charge in [-0.05, 0) is 30.4 Å². The molecule has 1 heterocycles. The fraction of sp³-hybridized carbons (Fsp3) is 0.333. The first-order chi connectivity index (χ1) is 8.74. The molecule has 3 rings (SSSR count). The molecule has 92 valence electrons. The predicted molar refractivity (Wildman–Crippen MR) is 73.3 cm³/mol. The first-order valence-corrected chi connectivity index (χ1v) is 7.09. The van der Waals surface area contributed by atoms with Gasteiger partial charge < -0.3 is 0 Å². The summed E-state index contributed by atoms with van der Waals surface area (Å²) < 4.78 is 0. The molecule has 0 saturated carbocycles. The van der Waals surface area contributed by atoms with Crippen LogP contribution in [0.15, 0.2) is 30.5 Å². The van der Waals surface area contributed by atoms with Gasteiger partial charge in [0.15, 0.2) is 5.78 Å². The van der Waals surface area contributed by atoms with Crippen molar-refractivity contribution >= 4 is 17.1 Å². The van der Waals surface area contributed by atoms with Crippen LogP contribution in [0.1, 0.15) is 45.1 Å². The number of hydrogen-bond donors (Lipinski definition) is 0. The van der Waals surface area contributed by atoms with E-state index >= 15 is 0 Å². The topological polar surface area (TPSA) is 30.0 Å². The van der Waals surface area contributed by atoms with E-state index in [9.17, 15) is 4.79 Å². The highest BCUT2D eigenvalue weighted by Gasteiger charge is 2.22. The molecule has 2 aromatic rings. The third kappa shape index (κ3) is 2.10. The zero-order valence-electron chi connectivity index (χ0n) is 10.3. The van der Waals surface area contributed by atoms with E-state index in [4.69, 9.17) is 0 Å². The number of thiazole rings is 1. The number of rotatable bonds is 2. The maximum Gasteiger partial charge on any atom is 0.171 e. The number of aryl methyl sites for hydroxylation is 1. The van der Waals surface area contributed by atoms with Crippen LogP contribution in [0.2, 0.25) is 0 Å². The molecule has 0 amide bonds. The highest BCUT2D eigenvalue weighted by molar-refractivity contribution is 7.13. The second-order valence-corrected chi connectivity index (χ2v) is 5.89. The fourth-order valence-corrected chi connectivity index (χ4v) is 3.50. The monoisotopic (exact) mass is 257 g/mol. The zero-order valence-corrected chi connectivity index (χ0v) is 11.2. The van der Waals surface area contributed by atoms with Crippen molar-refractivity contribution in [2.24, 2.45) is 0 Å². The van der Waals surface area contributed by atoms with E-state index in [2.05, 4.69) is 29.2 Å². The molecule has 3 heteroatoms. The van der Waals surface area contributed by atoms with Crippen molar-refractivity contribution in [2.75, 3.05) is 0 Å². The van der Waals surface area contributed by atoms with E-state index in [1.807, 2.05) is 0 Å². The van der Waals surface area contributed by atoms with Crippen molar-refractivity contribution in [2.45, 2.75) is 32.1 Å². The maximum atomic E-state index is 11.3. The van der Waals surface area contributed by atoms with Crippen LogP contribution in [-0.4, -0.2) is 10.8 Å². The lowest BCUT2D eigenvalue weighted by Crippen LogP contribution is -2.12. The quantitative estimate of drug-likeness (QED) is 0.769. The minimum absolute atomic E-state index is 0.120. The Morgan fingerprint density at radius 2 is 2.11 bits per heavy atom. The van der Waals surface area contributed by atoms with E-state index in [1.165, 1.54) is 11.1 Å². The minimum Gasteiger partial charge on any atom is -0.294 e. The van der Waals surface area contributed by atoms with Gasteiger partial charge in [0, 0.05) is 19.0 Å². The Kier molecular flexibility index (Phi) is 3.00. The lowest BCUT2D eigenvalue weighted by atomic mass is 9.84. The number of nitrogens with zero attached hydrogens (tertiary/aromatic N) is 1. The summed E-state index contributed by atoms with van der Waals surface area (Å²) in [6, 6.07) is 8.63. The van der Waals surface area contributed by atoms with Crippen molar-refractivity contribution in [3.05, 3.63) is 51.5 Å². The molecule has 0 N–H and O–H groups in total. The highest BCUT2D eigenvalue weighted by Crippen LogP contribution is 2.34. The molecule has 1 atom stereocenters. The van der Waals surface area contributed by atoms with Crippen molar-refractivity contribution < 1.29 is 4.79 Å². The van der Waals surface area contributed by atoms with Crippen molar-refractivity contribution in [1.82, 2.24) is 4.98 Å². The number of hydrogen-bond acceptors (Lipinski definition) is 3. The molecule has 1 aromatic heterocycles. The lowest BCUT2D eigenvalue weighted by molar-refractivity contribution is 0.102. The summed E-state index contributed by atoms with van der Waals surface area (Å²) in [7, 11) is 0. The third-order valence-electron chi connectivity index (χ3n) is 3.57. The Morgan fingerprint density at radius 1 is 1.33 bits per heavy atom. The smallest absolute Gasteiger partial charge is 0.171 e. The summed E-state index contributed by atoms with van der Waals surface area (Å²) in [5, 5.41) is 1.12. The largest absolute Gasteiger partial charge is 0.294 e. The first kappa shape index (κ1) is 11.6. The summed E-state index contributed by atoms with van der Waals surface area (Å²) >= 11 is 1.56. The van der Waals surface area contributed by atoms with Crippen LogP contribution in [0.4, 0.5) is 0 Å². The molecule has 0 bridgehead atoms. The molecular formula is C15H15NOS. The number of carbonyl (C=O) groups is 1. The number of ketones is 1. The van der Waals surface area contributed by atoms with E-state index < -0.39 is 0 Å². The number of carbonyl (C=O) groups excluding carboxylic acids is 1. The van der Waals surface area contributed by atoms with Crippen LogP contribution >= 0.6 is 11.3 Å². The van der Waals surface area contributed by atoms with Crippen LogP contribution in [0.3, 0.4) is 0 Å². The average Bonchev–Trinajstić information content (AvgIpc) is 2.88. The number of aromatic nitrogens is 1. The molecule has 0 radical (unpaired) electrons. The Balaban J connectivity index is 1.85. The SMILES string of the molecule is CC(=O)c1cnc(C2CCc3ccccc3C2)s1. The average molecular weight is 257 g/mol. The second kappa shape index (κ2) is 4.65. The van der Waals surface area contributed by atoms with Gasteiger partial charge in [-0.1, -0.05) is 24.3 Å². The summed E-state index contributed by atoms with van der Waals surface area (Å²) in [6.45, 7) is 1.60. The van der Waals surface area contributed by atoms with E-state index in [-0.39, 0.29) is 5.78 Å². The maximum absolute atomic E-state index is 11.3. The van der Waals surface area contributed by atoms with Crippen LogP contribution in [0.5, 0.6) is 0 Å². The van der Waals surface area contributed by atoms with Crippen molar-refractivity contribution in [1.29, 1.82) is 0 Å². The summed E-state index contributed by atoms with van der Waals surface area (Å²) in [5.41, 5.74) is 2.91. The standard InChI is InChI=1S/C15H15NOS/c1-10(17)14-9-16-15(18-14)13-7-6-11-4-2-3-5-12(11)8-13/h2-5,9,13H,6-8H2,1H3. The second-order valence-electron chi connectivity index (χ2n) is 4.83. The van der Waals surface area contributed by atoms with Crippen LogP contribution < -0.4 is 0 Å². The van der Waals surface area contributed by atoms with Crippen LogP contribution in [0, 0.1) is 0 Å². The van der Waals surface area contributed by atoms with Crippen molar-refractivity contribution in [3.8, 4) is 0 Å². The Hall–Kier alpha value is -1.48. The van der Waals surface area contributed by atoms with E-state index in [1.54, 1.807) is 24.5 Å². The summed E-state index contributed by atoms with van der Waals surface area (Å²) in [4.78, 5) is 16.5. The summed E-state index contributed by atoms with van der Waals surface area (Å²) in [5.74, 6) is 0.605. The van der Waals surface area contributed by atoms with Gasteiger partial charge in [-0.2, -0.15) is 0 Å². The lowest BCUT2D eigenvalue weighted by Gasteiger charge is -2.22. The number of benzene rings is 1. The van der Waals surface area contributed by atoms with Gasteiger partial charge in [0.1, 0.15) is 0 Å². The fourth-order valence-electron chi connectivity index (χ4n) is 2.55. The van der Waals surface area contributed by atoms with Gasteiger partial charge in [-0.3, -0.25) is 4.79 Å². The van der Waals surface area contributed by atoms with Gasteiger partial charge >= 0.3 is 0 Å². The highest BCUT2D eigenvalue weighted by atomic mass is 32.1. The molecule has 1 aliphatic rings. The van der Waals surface area contributed by atoms with Crippen LogP contribution in [0.25, 0.3) is 0 Å². The summed E-state index contributed by atoms with van der Waals surface area (Å²) in [6.07, 6.45) is 5.04. The molecule has 0 fully saturated rings. The van der Waals surface area contributed by atoms with Crippen molar-refractivity contribution in [3.63, 3.8) is 0 Å². The van der Waals surface area contributed by atoms with E-state index in [0.29, 0.717) is 5.92 Å². The van der Waals surface area contributed by atoms with Gasteiger partial charge in [0.05, 0.1) is 9.88 Å². The van der Waals surface area contributed by atoms with E-state index in [0.717, 1.165) is 29.1 Å².